The molecule has 21 heavy (non-hydrogen) atoms. The highest BCUT2D eigenvalue weighted by molar-refractivity contribution is 7.98. The van der Waals surface area contributed by atoms with E-state index in [0.717, 1.165) is 18.2 Å². The summed E-state index contributed by atoms with van der Waals surface area (Å²) in [6, 6.07) is 8.90. The smallest absolute Gasteiger partial charge is 0.198 e. The summed E-state index contributed by atoms with van der Waals surface area (Å²) >= 11 is 1.75. The Morgan fingerprint density at radius 1 is 1.43 bits per heavy atom. The lowest BCUT2D eigenvalue weighted by atomic mass is 10.0. The lowest BCUT2D eigenvalue weighted by Crippen LogP contribution is -2.45. The Hall–Kier alpha value is -1.20. The number of piperidine rings is 1. The summed E-state index contributed by atoms with van der Waals surface area (Å²) in [5, 5.41) is 3.53. The van der Waals surface area contributed by atoms with E-state index < -0.39 is 0 Å². The Balaban J connectivity index is 2.20. The third kappa shape index (κ3) is 4.38. The van der Waals surface area contributed by atoms with Gasteiger partial charge in [0.15, 0.2) is 5.96 Å². The average molecular weight is 306 g/mol. The van der Waals surface area contributed by atoms with E-state index in [4.69, 9.17) is 5.73 Å². The molecule has 0 aliphatic carbocycles. The molecule has 1 saturated heterocycles. The van der Waals surface area contributed by atoms with Gasteiger partial charge in [0.25, 0.3) is 0 Å². The first-order valence-electron chi connectivity index (χ1n) is 7.67. The summed E-state index contributed by atoms with van der Waals surface area (Å²) in [5.41, 5.74) is 6.76. The zero-order valence-corrected chi connectivity index (χ0v) is 13.8. The number of para-hydroxylation sites is 1. The van der Waals surface area contributed by atoms with E-state index >= 15 is 0 Å². The van der Waals surface area contributed by atoms with Crippen LogP contribution in [0.15, 0.2) is 34.2 Å². The maximum atomic E-state index is 5.63. The number of nitrogens with two attached hydrogens (primary N) is 1. The number of rotatable bonds is 4. The number of anilines is 1. The molecule has 4 nitrogen and oxygen atoms in total. The van der Waals surface area contributed by atoms with Crippen molar-refractivity contribution in [3.05, 3.63) is 24.3 Å². The molecule has 1 aromatic carbocycles. The molecule has 1 heterocycles. The first kappa shape index (κ1) is 16.2. The summed E-state index contributed by atoms with van der Waals surface area (Å²) in [4.78, 5) is 8.31. The molecule has 5 heteroatoms. The van der Waals surface area contributed by atoms with Crippen molar-refractivity contribution in [2.24, 2.45) is 10.7 Å². The van der Waals surface area contributed by atoms with Crippen LogP contribution in [0.4, 0.5) is 5.69 Å². The van der Waals surface area contributed by atoms with Gasteiger partial charge in [0.1, 0.15) is 0 Å². The van der Waals surface area contributed by atoms with Crippen molar-refractivity contribution < 1.29 is 0 Å². The molecule has 1 atom stereocenters. The van der Waals surface area contributed by atoms with E-state index in [2.05, 4.69) is 52.7 Å². The number of aliphatic imine (C=N–C) groups is 1. The van der Waals surface area contributed by atoms with Crippen LogP contribution < -0.4 is 11.1 Å². The molecule has 3 N–H and O–H groups in total. The van der Waals surface area contributed by atoms with Gasteiger partial charge < -0.3 is 16.0 Å². The predicted molar refractivity (Wildman–Crippen MR) is 93.2 cm³/mol. The summed E-state index contributed by atoms with van der Waals surface area (Å²) in [6.45, 7) is 4.59. The van der Waals surface area contributed by atoms with E-state index in [1.54, 1.807) is 11.8 Å². The molecule has 1 fully saturated rings. The summed E-state index contributed by atoms with van der Waals surface area (Å²) in [6.07, 6.45) is 5.87. The number of benzene rings is 1. The fourth-order valence-electron chi connectivity index (χ4n) is 2.65. The minimum absolute atomic E-state index is 0.532. The van der Waals surface area contributed by atoms with Gasteiger partial charge in [-0.1, -0.05) is 12.1 Å². The van der Waals surface area contributed by atoms with E-state index in [9.17, 15) is 0 Å². The molecule has 0 bridgehead atoms. The highest BCUT2D eigenvalue weighted by Crippen LogP contribution is 2.26. The highest BCUT2D eigenvalue weighted by Gasteiger charge is 2.22. The molecule has 1 aliphatic heterocycles. The van der Waals surface area contributed by atoms with Gasteiger partial charge in [-0.05, 0) is 44.6 Å². The molecular formula is C16H26N4S. The van der Waals surface area contributed by atoms with Gasteiger partial charge in [-0.3, -0.25) is 4.99 Å². The lowest BCUT2D eigenvalue weighted by molar-refractivity contribution is 0.257. The molecule has 0 radical (unpaired) electrons. The SMILES string of the molecule is CSc1ccccc1NC(=NCCN)N1CCCCC1C. The molecule has 0 spiro atoms. The van der Waals surface area contributed by atoms with Gasteiger partial charge in [0, 0.05) is 24.0 Å². The first-order chi connectivity index (χ1) is 10.3. The molecule has 0 aromatic heterocycles. The Kier molecular flexibility index (Phi) is 6.39. The fraction of sp³-hybridized carbons (Fsp3) is 0.562. The van der Waals surface area contributed by atoms with Gasteiger partial charge in [-0.2, -0.15) is 0 Å². The Morgan fingerprint density at radius 2 is 2.24 bits per heavy atom. The number of nitrogens with zero attached hydrogens (tertiary/aromatic N) is 2. The predicted octanol–water partition coefficient (Wildman–Crippen LogP) is 3.01. The topological polar surface area (TPSA) is 53.6 Å². The van der Waals surface area contributed by atoms with Gasteiger partial charge in [-0.25, -0.2) is 0 Å². The van der Waals surface area contributed by atoms with E-state index in [1.807, 2.05) is 0 Å². The number of thioether (sulfide) groups is 1. The summed E-state index contributed by atoms with van der Waals surface area (Å²) in [7, 11) is 0. The normalized spacial score (nSPS) is 19.7. The maximum Gasteiger partial charge on any atom is 0.198 e. The average Bonchev–Trinajstić information content (AvgIpc) is 2.52. The van der Waals surface area contributed by atoms with Crippen LogP contribution in [0.25, 0.3) is 0 Å². The van der Waals surface area contributed by atoms with Crippen LogP contribution in [0.2, 0.25) is 0 Å². The number of guanidine groups is 1. The van der Waals surface area contributed by atoms with Crippen LogP contribution >= 0.6 is 11.8 Å². The minimum atomic E-state index is 0.532. The van der Waals surface area contributed by atoms with Gasteiger partial charge >= 0.3 is 0 Å². The Labute approximate surface area is 132 Å². The minimum Gasteiger partial charge on any atom is -0.340 e. The van der Waals surface area contributed by atoms with Crippen LogP contribution in [-0.2, 0) is 0 Å². The number of likely N-dealkylation sites (tertiary alicyclic amines) is 1. The summed E-state index contributed by atoms with van der Waals surface area (Å²) in [5.74, 6) is 0.967. The van der Waals surface area contributed by atoms with Gasteiger partial charge in [0.2, 0.25) is 0 Å². The van der Waals surface area contributed by atoms with Crippen molar-refractivity contribution in [1.29, 1.82) is 0 Å². The first-order valence-corrected chi connectivity index (χ1v) is 8.90. The number of hydrogen-bond donors (Lipinski definition) is 2. The molecule has 116 valence electrons. The van der Waals surface area contributed by atoms with E-state index in [-0.39, 0.29) is 0 Å². The van der Waals surface area contributed by atoms with Crippen LogP contribution in [-0.4, -0.2) is 42.8 Å². The second-order valence-corrected chi connectivity index (χ2v) is 6.21. The standard InChI is InChI=1S/C16H26N4S/c1-13-7-5-6-12-20(13)16(18-11-10-17)19-14-8-3-4-9-15(14)21-2/h3-4,8-9,13H,5-7,10-12,17H2,1-2H3,(H,18,19). The van der Waals surface area contributed by atoms with Crippen molar-refractivity contribution in [2.75, 3.05) is 31.2 Å². The number of hydrogen-bond acceptors (Lipinski definition) is 3. The zero-order chi connectivity index (χ0) is 15.1. The highest BCUT2D eigenvalue weighted by atomic mass is 32.2. The van der Waals surface area contributed by atoms with Crippen LogP contribution in [0.5, 0.6) is 0 Å². The number of nitrogens with one attached hydrogen (secondary N) is 1. The molecule has 1 unspecified atom stereocenters. The van der Waals surface area contributed by atoms with Crippen molar-refractivity contribution >= 4 is 23.4 Å². The monoisotopic (exact) mass is 306 g/mol. The van der Waals surface area contributed by atoms with Crippen LogP contribution in [0.3, 0.4) is 0 Å². The van der Waals surface area contributed by atoms with Crippen LogP contribution in [0, 0.1) is 0 Å². The van der Waals surface area contributed by atoms with Crippen molar-refractivity contribution in [3.63, 3.8) is 0 Å². The second-order valence-electron chi connectivity index (χ2n) is 5.36. The maximum absolute atomic E-state index is 5.63. The lowest BCUT2D eigenvalue weighted by Gasteiger charge is -2.36. The quantitative estimate of drug-likeness (QED) is 0.510. The molecule has 0 saturated carbocycles. The molecular weight excluding hydrogens is 280 g/mol. The molecule has 2 rings (SSSR count). The molecule has 1 aliphatic rings. The zero-order valence-electron chi connectivity index (χ0n) is 13.0. The van der Waals surface area contributed by atoms with Gasteiger partial charge in [0.05, 0.1) is 12.2 Å². The van der Waals surface area contributed by atoms with Crippen molar-refractivity contribution in [1.82, 2.24) is 4.90 Å². The summed E-state index contributed by atoms with van der Waals surface area (Å²) < 4.78 is 0. The molecule has 0 amide bonds. The van der Waals surface area contributed by atoms with E-state index in [0.29, 0.717) is 19.1 Å². The van der Waals surface area contributed by atoms with Gasteiger partial charge in [-0.15, -0.1) is 11.8 Å². The van der Waals surface area contributed by atoms with Crippen LogP contribution in [0.1, 0.15) is 26.2 Å². The third-order valence-electron chi connectivity index (χ3n) is 3.82. The largest absolute Gasteiger partial charge is 0.340 e. The van der Waals surface area contributed by atoms with Crippen molar-refractivity contribution in [2.45, 2.75) is 37.1 Å². The third-order valence-corrected chi connectivity index (χ3v) is 4.61. The fourth-order valence-corrected chi connectivity index (χ4v) is 3.21. The second kappa shape index (κ2) is 8.29. The van der Waals surface area contributed by atoms with E-state index in [1.165, 1.54) is 24.2 Å². The molecule has 1 aromatic rings. The Bertz CT molecular complexity index is 475. The van der Waals surface area contributed by atoms with Crippen molar-refractivity contribution in [3.8, 4) is 0 Å². The Morgan fingerprint density at radius 3 is 2.95 bits per heavy atom.